The van der Waals surface area contributed by atoms with E-state index < -0.39 is 22.0 Å². The molecule has 2 N–H and O–H groups in total. The second kappa shape index (κ2) is 5.61. The normalized spacial score (nSPS) is 13.5. The summed E-state index contributed by atoms with van der Waals surface area (Å²) in [6, 6.07) is 2.89. The van der Waals surface area contributed by atoms with Gasteiger partial charge in [-0.25, -0.2) is 13.1 Å². The van der Waals surface area contributed by atoms with Gasteiger partial charge in [0.2, 0.25) is 10.0 Å². The van der Waals surface area contributed by atoms with E-state index in [1.807, 2.05) is 6.92 Å². The lowest BCUT2D eigenvalue weighted by atomic mass is 10.2. The molecular formula is C10H15NO4S2. The van der Waals surface area contributed by atoms with E-state index in [9.17, 15) is 13.2 Å². The summed E-state index contributed by atoms with van der Waals surface area (Å²) in [5.41, 5.74) is 0. The van der Waals surface area contributed by atoms with Gasteiger partial charge >= 0.3 is 5.97 Å². The molecule has 0 radical (unpaired) electrons. The van der Waals surface area contributed by atoms with Crippen LogP contribution in [0.1, 0.15) is 24.6 Å². The van der Waals surface area contributed by atoms with Crippen molar-refractivity contribution in [3.8, 4) is 0 Å². The molecule has 1 rings (SSSR count). The molecule has 0 aliphatic rings. The van der Waals surface area contributed by atoms with E-state index in [2.05, 4.69) is 4.72 Å². The summed E-state index contributed by atoms with van der Waals surface area (Å²) >= 11 is 1.19. The minimum atomic E-state index is -3.51. The summed E-state index contributed by atoms with van der Waals surface area (Å²) in [5, 5.41) is 8.51. The van der Waals surface area contributed by atoms with Crippen LogP contribution in [0.5, 0.6) is 0 Å². The highest BCUT2D eigenvalue weighted by molar-refractivity contribution is 7.91. The van der Waals surface area contributed by atoms with E-state index in [0.29, 0.717) is 0 Å². The Balaban J connectivity index is 2.64. The molecule has 0 aliphatic heterocycles. The molecule has 0 spiro atoms. The first-order chi connectivity index (χ1) is 7.81. The van der Waals surface area contributed by atoms with Gasteiger partial charge in [0, 0.05) is 17.3 Å². The van der Waals surface area contributed by atoms with Crippen LogP contribution in [0.3, 0.4) is 0 Å². The molecule has 0 saturated carbocycles. The number of nitrogens with one attached hydrogen (secondary N) is 1. The molecule has 1 aromatic heterocycles. The Morgan fingerprint density at radius 3 is 2.65 bits per heavy atom. The third-order valence-corrected chi connectivity index (χ3v) is 5.21. The van der Waals surface area contributed by atoms with Crippen LogP contribution >= 0.6 is 11.3 Å². The molecule has 96 valence electrons. The summed E-state index contributed by atoms with van der Waals surface area (Å²) in [6.45, 7) is 3.48. The number of sulfonamides is 1. The van der Waals surface area contributed by atoms with Crippen LogP contribution in [0.15, 0.2) is 16.3 Å². The molecule has 1 unspecified atom stereocenters. The number of carbonyl (C=O) groups is 1. The summed E-state index contributed by atoms with van der Waals surface area (Å²) < 4.78 is 26.4. The fourth-order valence-corrected chi connectivity index (χ4v) is 3.86. The van der Waals surface area contributed by atoms with Crippen LogP contribution in [0.4, 0.5) is 0 Å². The Morgan fingerprint density at radius 1 is 1.53 bits per heavy atom. The van der Waals surface area contributed by atoms with Crippen molar-refractivity contribution in [1.29, 1.82) is 0 Å². The van der Waals surface area contributed by atoms with Crippen molar-refractivity contribution < 1.29 is 18.3 Å². The van der Waals surface area contributed by atoms with E-state index in [1.165, 1.54) is 11.3 Å². The molecule has 1 atom stereocenters. The van der Waals surface area contributed by atoms with E-state index in [1.54, 1.807) is 19.1 Å². The van der Waals surface area contributed by atoms with Gasteiger partial charge in [-0.1, -0.05) is 0 Å². The number of aryl methyl sites for hydroxylation is 1. The molecule has 1 aromatic rings. The molecular weight excluding hydrogens is 262 g/mol. The zero-order chi connectivity index (χ0) is 13.1. The third-order valence-electron chi connectivity index (χ3n) is 2.13. The zero-order valence-corrected chi connectivity index (χ0v) is 11.3. The molecule has 0 amide bonds. The standard InChI is InChI=1S/C10H15NO4S2/c1-7(3-5-9(12)13)11-17(14,15)10-6-4-8(2)16-10/h4,6-7,11H,3,5H2,1-2H3,(H,12,13). The van der Waals surface area contributed by atoms with E-state index in [4.69, 9.17) is 5.11 Å². The Labute approximate surface area is 105 Å². The zero-order valence-electron chi connectivity index (χ0n) is 9.63. The maximum absolute atomic E-state index is 11.9. The lowest BCUT2D eigenvalue weighted by molar-refractivity contribution is -0.137. The van der Waals surface area contributed by atoms with Crippen LogP contribution in [-0.2, 0) is 14.8 Å². The van der Waals surface area contributed by atoms with E-state index >= 15 is 0 Å². The molecule has 17 heavy (non-hydrogen) atoms. The quantitative estimate of drug-likeness (QED) is 0.827. The average molecular weight is 277 g/mol. The van der Waals surface area contributed by atoms with Crippen molar-refractivity contribution >= 4 is 27.3 Å². The number of rotatable bonds is 6. The second-order valence-corrected chi connectivity index (χ2v) is 7.05. The first-order valence-electron chi connectivity index (χ1n) is 5.12. The number of hydrogen-bond donors (Lipinski definition) is 2. The number of carboxylic acids is 1. The Bertz CT molecular complexity index is 492. The number of hydrogen-bond acceptors (Lipinski definition) is 4. The smallest absolute Gasteiger partial charge is 0.303 e. The molecule has 0 bridgehead atoms. The molecule has 5 nitrogen and oxygen atoms in total. The van der Waals surface area contributed by atoms with Gasteiger partial charge in [-0.15, -0.1) is 11.3 Å². The fraction of sp³-hybridized carbons (Fsp3) is 0.500. The Kier molecular flexibility index (Phi) is 4.67. The lowest BCUT2D eigenvalue weighted by Gasteiger charge is -2.11. The van der Waals surface area contributed by atoms with Gasteiger partial charge < -0.3 is 5.11 Å². The average Bonchev–Trinajstić information content (AvgIpc) is 2.62. The molecule has 0 aromatic carbocycles. The van der Waals surface area contributed by atoms with Crippen molar-refractivity contribution in [3.05, 3.63) is 17.0 Å². The summed E-state index contributed by atoms with van der Waals surface area (Å²) in [7, 11) is -3.51. The van der Waals surface area contributed by atoms with Crippen molar-refractivity contribution in [1.82, 2.24) is 4.72 Å². The van der Waals surface area contributed by atoms with Crippen LogP contribution in [0, 0.1) is 6.92 Å². The van der Waals surface area contributed by atoms with Crippen molar-refractivity contribution in [2.24, 2.45) is 0 Å². The van der Waals surface area contributed by atoms with Crippen molar-refractivity contribution in [2.75, 3.05) is 0 Å². The van der Waals surface area contributed by atoms with Crippen molar-refractivity contribution in [2.45, 2.75) is 36.9 Å². The highest BCUT2D eigenvalue weighted by Gasteiger charge is 2.19. The van der Waals surface area contributed by atoms with Crippen LogP contribution in [-0.4, -0.2) is 25.5 Å². The van der Waals surface area contributed by atoms with Gasteiger partial charge in [-0.05, 0) is 32.4 Å². The van der Waals surface area contributed by atoms with Crippen LogP contribution < -0.4 is 4.72 Å². The van der Waals surface area contributed by atoms with E-state index in [0.717, 1.165) is 4.88 Å². The predicted octanol–water partition coefficient (Wildman–Crippen LogP) is 1.59. The Hall–Kier alpha value is -0.920. The van der Waals surface area contributed by atoms with Crippen LogP contribution in [0.2, 0.25) is 0 Å². The summed E-state index contributed by atoms with van der Waals surface area (Å²) in [4.78, 5) is 11.3. The molecule has 0 aliphatic carbocycles. The van der Waals surface area contributed by atoms with Crippen molar-refractivity contribution in [3.63, 3.8) is 0 Å². The predicted molar refractivity (Wildman–Crippen MR) is 65.7 cm³/mol. The van der Waals surface area contributed by atoms with Gasteiger partial charge in [0.05, 0.1) is 0 Å². The SMILES string of the molecule is Cc1ccc(S(=O)(=O)NC(C)CCC(=O)O)s1. The molecule has 0 saturated heterocycles. The maximum Gasteiger partial charge on any atom is 0.303 e. The van der Waals surface area contributed by atoms with E-state index in [-0.39, 0.29) is 17.1 Å². The first kappa shape index (κ1) is 14.1. The highest BCUT2D eigenvalue weighted by Crippen LogP contribution is 2.20. The summed E-state index contributed by atoms with van der Waals surface area (Å²) in [5.74, 6) is -0.928. The number of thiophene rings is 1. The lowest BCUT2D eigenvalue weighted by Crippen LogP contribution is -2.32. The fourth-order valence-electron chi connectivity index (χ4n) is 1.28. The minimum Gasteiger partial charge on any atom is -0.481 e. The minimum absolute atomic E-state index is 0.0485. The maximum atomic E-state index is 11.9. The van der Waals surface area contributed by atoms with Gasteiger partial charge in [0.25, 0.3) is 0 Å². The number of aliphatic carboxylic acids is 1. The first-order valence-corrected chi connectivity index (χ1v) is 7.42. The van der Waals surface area contributed by atoms with Gasteiger partial charge in [-0.3, -0.25) is 4.79 Å². The van der Waals surface area contributed by atoms with Gasteiger partial charge in [-0.2, -0.15) is 0 Å². The van der Waals surface area contributed by atoms with Crippen LogP contribution in [0.25, 0.3) is 0 Å². The van der Waals surface area contributed by atoms with Gasteiger partial charge in [0.1, 0.15) is 4.21 Å². The molecule has 1 heterocycles. The summed E-state index contributed by atoms with van der Waals surface area (Å²) in [6.07, 6.45) is 0.228. The van der Waals surface area contributed by atoms with Gasteiger partial charge in [0.15, 0.2) is 0 Å². The third kappa shape index (κ3) is 4.45. The Morgan fingerprint density at radius 2 is 2.18 bits per heavy atom. The molecule has 0 fully saturated rings. The highest BCUT2D eigenvalue weighted by atomic mass is 32.2. The monoisotopic (exact) mass is 277 g/mol. The molecule has 7 heteroatoms. The largest absolute Gasteiger partial charge is 0.481 e. The number of carboxylic acid groups (broad SMARTS) is 1. The second-order valence-electron chi connectivity index (χ2n) is 3.82. The topological polar surface area (TPSA) is 83.5 Å².